The maximum Gasteiger partial charge on any atom is 0.329 e. The molecule has 0 aliphatic heterocycles. The predicted molar refractivity (Wildman–Crippen MR) is 102 cm³/mol. The van der Waals surface area contributed by atoms with Crippen LogP contribution in [-0.4, -0.2) is 43.0 Å². The van der Waals surface area contributed by atoms with Crippen molar-refractivity contribution < 1.29 is 33.2 Å². The number of methoxy groups -OCH3 is 2. The molecule has 0 aliphatic rings. The molecule has 0 fully saturated rings. The standard InChI is InChI=1S/C20H19FN2O7/c1-29-17(24)11-16(12-6-8-15(9-7-12)23(27)28)18(20(26)30-2)22-19(25)13-4-3-5-14(21)10-13/h3-10,16,18H,11H2,1-2H3,(H,22,25)/t16-,18-/m1/s1. The van der Waals surface area contributed by atoms with Crippen molar-refractivity contribution in [2.75, 3.05) is 14.2 Å². The number of rotatable bonds is 8. The molecule has 1 amide bonds. The fraction of sp³-hybridized carbons (Fsp3) is 0.250. The van der Waals surface area contributed by atoms with Gasteiger partial charge in [0.05, 0.1) is 25.6 Å². The van der Waals surface area contributed by atoms with E-state index in [9.17, 15) is 28.9 Å². The van der Waals surface area contributed by atoms with E-state index in [1.165, 1.54) is 36.4 Å². The molecule has 158 valence electrons. The van der Waals surface area contributed by atoms with Crippen LogP contribution in [0.4, 0.5) is 10.1 Å². The molecule has 2 atom stereocenters. The Bertz CT molecular complexity index is 946. The average Bonchev–Trinajstić information content (AvgIpc) is 2.75. The monoisotopic (exact) mass is 418 g/mol. The van der Waals surface area contributed by atoms with E-state index in [1.54, 1.807) is 0 Å². The van der Waals surface area contributed by atoms with Crippen LogP contribution in [0.3, 0.4) is 0 Å². The summed E-state index contributed by atoms with van der Waals surface area (Å²) in [7, 11) is 2.27. The Morgan fingerprint density at radius 2 is 1.77 bits per heavy atom. The maximum atomic E-state index is 13.4. The lowest BCUT2D eigenvalue weighted by Gasteiger charge is -2.26. The second-order valence-corrected chi connectivity index (χ2v) is 6.22. The van der Waals surface area contributed by atoms with Crippen LogP contribution in [0.5, 0.6) is 0 Å². The average molecular weight is 418 g/mol. The van der Waals surface area contributed by atoms with Crippen molar-refractivity contribution in [1.29, 1.82) is 0 Å². The number of esters is 2. The van der Waals surface area contributed by atoms with Crippen molar-refractivity contribution in [3.05, 3.63) is 75.6 Å². The van der Waals surface area contributed by atoms with Crippen LogP contribution in [0, 0.1) is 15.9 Å². The number of carbonyl (C=O) groups is 3. The van der Waals surface area contributed by atoms with Crippen LogP contribution in [0.2, 0.25) is 0 Å². The minimum atomic E-state index is -1.34. The van der Waals surface area contributed by atoms with E-state index < -0.39 is 40.5 Å². The summed E-state index contributed by atoms with van der Waals surface area (Å²) in [5.74, 6) is -3.89. The van der Waals surface area contributed by atoms with E-state index in [0.717, 1.165) is 26.4 Å². The first-order valence-electron chi connectivity index (χ1n) is 8.72. The minimum Gasteiger partial charge on any atom is -0.469 e. The normalized spacial score (nSPS) is 12.4. The number of hydrogen-bond acceptors (Lipinski definition) is 7. The summed E-state index contributed by atoms with van der Waals surface area (Å²) >= 11 is 0. The highest BCUT2D eigenvalue weighted by atomic mass is 19.1. The van der Waals surface area contributed by atoms with Crippen LogP contribution in [0.25, 0.3) is 0 Å². The number of nitro benzene ring substituents is 1. The third-order valence-electron chi connectivity index (χ3n) is 4.38. The van der Waals surface area contributed by atoms with E-state index in [1.807, 2.05) is 0 Å². The number of non-ortho nitro benzene ring substituents is 1. The number of nitrogens with zero attached hydrogens (tertiary/aromatic N) is 1. The topological polar surface area (TPSA) is 125 Å². The summed E-state index contributed by atoms with van der Waals surface area (Å²) in [5.41, 5.74) is 0.138. The van der Waals surface area contributed by atoms with E-state index in [0.29, 0.717) is 5.56 Å². The van der Waals surface area contributed by atoms with E-state index in [-0.39, 0.29) is 17.7 Å². The van der Waals surface area contributed by atoms with Crippen molar-refractivity contribution in [3.63, 3.8) is 0 Å². The van der Waals surface area contributed by atoms with Gasteiger partial charge in [-0.05, 0) is 23.8 Å². The lowest BCUT2D eigenvalue weighted by molar-refractivity contribution is -0.384. The lowest BCUT2D eigenvalue weighted by Crippen LogP contribution is -2.46. The Morgan fingerprint density at radius 3 is 2.30 bits per heavy atom. The lowest BCUT2D eigenvalue weighted by atomic mass is 9.88. The number of benzene rings is 2. The van der Waals surface area contributed by atoms with Crippen LogP contribution in [0.15, 0.2) is 48.5 Å². The first-order valence-corrected chi connectivity index (χ1v) is 8.72. The molecular weight excluding hydrogens is 399 g/mol. The smallest absolute Gasteiger partial charge is 0.329 e. The van der Waals surface area contributed by atoms with Gasteiger partial charge in [0, 0.05) is 23.6 Å². The number of ether oxygens (including phenoxy) is 2. The zero-order chi connectivity index (χ0) is 22.3. The summed E-state index contributed by atoms with van der Waals surface area (Å²) < 4.78 is 22.9. The van der Waals surface area contributed by atoms with Crippen LogP contribution in [-0.2, 0) is 19.1 Å². The molecule has 30 heavy (non-hydrogen) atoms. The van der Waals surface area contributed by atoms with Gasteiger partial charge in [0.2, 0.25) is 0 Å². The Hall–Kier alpha value is -3.82. The summed E-state index contributed by atoms with van der Waals surface area (Å²) in [6, 6.07) is 8.66. The van der Waals surface area contributed by atoms with Gasteiger partial charge in [-0.25, -0.2) is 9.18 Å². The van der Waals surface area contributed by atoms with Gasteiger partial charge in [0.25, 0.3) is 11.6 Å². The molecular formula is C20H19FN2O7. The molecule has 2 aromatic carbocycles. The van der Waals surface area contributed by atoms with Gasteiger partial charge in [0.1, 0.15) is 11.9 Å². The fourth-order valence-electron chi connectivity index (χ4n) is 2.84. The molecule has 0 saturated heterocycles. The van der Waals surface area contributed by atoms with Crippen LogP contribution >= 0.6 is 0 Å². The molecule has 2 aromatic rings. The van der Waals surface area contributed by atoms with Gasteiger partial charge < -0.3 is 14.8 Å². The van der Waals surface area contributed by atoms with Crippen LogP contribution < -0.4 is 5.32 Å². The number of halogens is 1. The molecule has 0 heterocycles. The van der Waals surface area contributed by atoms with Crippen molar-refractivity contribution in [2.24, 2.45) is 0 Å². The van der Waals surface area contributed by atoms with Crippen molar-refractivity contribution in [3.8, 4) is 0 Å². The van der Waals surface area contributed by atoms with E-state index in [4.69, 9.17) is 4.74 Å². The van der Waals surface area contributed by atoms with Gasteiger partial charge in [0.15, 0.2) is 0 Å². The van der Waals surface area contributed by atoms with Gasteiger partial charge in [-0.2, -0.15) is 0 Å². The van der Waals surface area contributed by atoms with Gasteiger partial charge in [-0.1, -0.05) is 18.2 Å². The molecule has 0 bridgehead atoms. The highest BCUT2D eigenvalue weighted by Gasteiger charge is 2.34. The van der Waals surface area contributed by atoms with E-state index >= 15 is 0 Å². The molecule has 9 nitrogen and oxygen atoms in total. The largest absolute Gasteiger partial charge is 0.469 e. The number of nitro groups is 1. The van der Waals surface area contributed by atoms with Crippen LogP contribution in [0.1, 0.15) is 28.3 Å². The third-order valence-corrected chi connectivity index (χ3v) is 4.38. The predicted octanol–water partition coefficient (Wildman–Crippen LogP) is 2.35. The first kappa shape index (κ1) is 22.5. The fourth-order valence-corrected chi connectivity index (χ4v) is 2.84. The quantitative estimate of drug-likeness (QED) is 0.396. The highest BCUT2D eigenvalue weighted by Crippen LogP contribution is 2.27. The Balaban J connectivity index is 2.42. The summed E-state index contributed by atoms with van der Waals surface area (Å²) in [5, 5.41) is 13.3. The molecule has 0 aliphatic carbocycles. The highest BCUT2D eigenvalue weighted by molar-refractivity contribution is 5.97. The number of nitrogens with one attached hydrogen (secondary N) is 1. The van der Waals surface area contributed by atoms with Crippen molar-refractivity contribution >= 4 is 23.5 Å². The molecule has 0 unspecified atom stereocenters. The van der Waals surface area contributed by atoms with Gasteiger partial charge >= 0.3 is 11.9 Å². The van der Waals surface area contributed by atoms with Gasteiger partial charge in [-0.3, -0.25) is 19.7 Å². The molecule has 1 N–H and O–H groups in total. The van der Waals surface area contributed by atoms with Crippen molar-refractivity contribution in [2.45, 2.75) is 18.4 Å². The number of amides is 1. The SMILES string of the molecule is COC(=O)C[C@H](c1ccc([N+](=O)[O-])cc1)[C@@H](NC(=O)c1cccc(F)c1)C(=O)OC. The number of hydrogen-bond donors (Lipinski definition) is 1. The maximum absolute atomic E-state index is 13.4. The molecule has 2 rings (SSSR count). The van der Waals surface area contributed by atoms with E-state index in [2.05, 4.69) is 10.1 Å². The summed E-state index contributed by atoms with van der Waals surface area (Å²) in [4.78, 5) is 47.2. The summed E-state index contributed by atoms with van der Waals surface area (Å²) in [6.45, 7) is 0. The number of carbonyl (C=O) groups excluding carboxylic acids is 3. The van der Waals surface area contributed by atoms with Crippen molar-refractivity contribution in [1.82, 2.24) is 5.32 Å². The molecule has 0 saturated carbocycles. The minimum absolute atomic E-state index is 0.0376. The Kier molecular flexibility index (Phi) is 7.56. The third kappa shape index (κ3) is 5.60. The molecule has 0 spiro atoms. The molecule has 10 heteroatoms. The Morgan fingerprint density at radius 1 is 1.10 bits per heavy atom. The zero-order valence-electron chi connectivity index (χ0n) is 16.2. The first-order chi connectivity index (χ1) is 14.3. The second kappa shape index (κ2) is 10.1. The second-order valence-electron chi connectivity index (χ2n) is 6.22. The Labute approximate surface area is 170 Å². The summed E-state index contributed by atoms with van der Waals surface area (Å²) in [6.07, 6.45) is -0.322. The zero-order valence-corrected chi connectivity index (χ0v) is 16.2. The molecule has 0 aromatic heterocycles. The molecule has 0 radical (unpaired) electrons. The van der Waals surface area contributed by atoms with Gasteiger partial charge in [-0.15, -0.1) is 0 Å².